The minimum Gasteiger partial charge on any atom is -0.394 e. The number of aliphatic hydroxyl groups excluding tert-OH is 1. The summed E-state index contributed by atoms with van der Waals surface area (Å²) < 4.78 is 9.02. The van der Waals surface area contributed by atoms with Crippen LogP contribution in [0.2, 0.25) is 19.6 Å². The number of nitrogens with zero attached hydrogens (tertiary/aromatic N) is 6. The number of nitrogen functional groups attached to an aromatic ring is 2. The van der Waals surface area contributed by atoms with Gasteiger partial charge in [0.1, 0.15) is 13.7 Å². The summed E-state index contributed by atoms with van der Waals surface area (Å²) in [6.07, 6.45) is 23.0. The quantitative estimate of drug-likeness (QED) is 0.0965. The van der Waals surface area contributed by atoms with Gasteiger partial charge in [0, 0.05) is 6.42 Å². The maximum Gasteiger partial charge on any atom is 0.280 e. The van der Waals surface area contributed by atoms with E-state index in [1.54, 1.807) is 17.0 Å². The monoisotopic (exact) mass is 614 g/mol. The molecule has 14 nitrogen and oxygen atoms in total. The topological polar surface area (TPSA) is 212 Å². The van der Waals surface area contributed by atoms with E-state index >= 15 is 0 Å². The number of H-pyrrole nitrogens is 2. The number of nitrogens with one attached hydrogen (secondary N) is 2. The van der Waals surface area contributed by atoms with Crippen molar-refractivity contribution in [3.8, 4) is 24.3 Å². The van der Waals surface area contributed by atoms with E-state index in [9.17, 15) is 14.7 Å². The van der Waals surface area contributed by atoms with Gasteiger partial charge in [-0.15, -0.1) is 18.4 Å². The molecule has 2 unspecified atom stereocenters. The summed E-state index contributed by atoms with van der Waals surface area (Å²) in [7, 11) is -1.10. The van der Waals surface area contributed by atoms with Gasteiger partial charge >= 0.3 is 0 Å². The van der Waals surface area contributed by atoms with Crippen molar-refractivity contribution in [2.45, 2.75) is 50.2 Å². The molecular weight excluding hydrogens is 580 g/mol. The maximum absolute atomic E-state index is 11.7. The predicted octanol–water partition coefficient (Wildman–Crippen LogP) is 1.28. The van der Waals surface area contributed by atoms with E-state index in [4.69, 9.17) is 29.1 Å². The molecule has 4 aromatic heterocycles. The van der Waals surface area contributed by atoms with Crippen LogP contribution in [0.4, 0.5) is 11.9 Å². The van der Waals surface area contributed by atoms with E-state index in [0.29, 0.717) is 23.2 Å². The van der Waals surface area contributed by atoms with Gasteiger partial charge < -0.3 is 30.4 Å². The molecule has 5 heterocycles. The third-order valence-corrected chi connectivity index (χ3v) is 8.39. The first-order chi connectivity index (χ1) is 20.8. The Morgan fingerprint density at radius 3 is 1.84 bits per heavy atom. The van der Waals surface area contributed by atoms with Crippen LogP contribution in [0.5, 0.6) is 0 Å². The van der Waals surface area contributed by atoms with Crippen LogP contribution >= 0.6 is 0 Å². The van der Waals surface area contributed by atoms with Crippen LogP contribution in [0.25, 0.3) is 22.3 Å². The summed E-state index contributed by atoms with van der Waals surface area (Å²) in [5, 5.41) is 9.42. The number of aliphatic hydroxyl groups is 1. The van der Waals surface area contributed by atoms with Gasteiger partial charge in [-0.3, -0.25) is 19.6 Å². The van der Waals surface area contributed by atoms with Gasteiger partial charge in [-0.25, -0.2) is 9.97 Å². The zero-order chi connectivity index (χ0) is 31.9. The number of fused-ring (bicyclic) bond motifs is 2. The molecule has 1 aliphatic heterocycles. The Hall–Kier alpha value is -4.96. The molecule has 4 aromatic rings. The third-order valence-electron chi connectivity index (χ3n) is 7.52. The SMILES string of the molecule is C#CC1(CO)C=CC(n2cnc3c(=O)[nH]c(N)nc32)C1.C#C[Si](C)(C)C.Nc1nc2c(ncn2[C@H]2C=C[C@@]3(CO3)C2)c(=O)[nH]1. The summed E-state index contributed by atoms with van der Waals surface area (Å²) in [6.45, 7) is 7.08. The second kappa shape index (κ2) is 11.3. The van der Waals surface area contributed by atoms with Crippen molar-refractivity contribution in [1.82, 2.24) is 39.0 Å². The molecule has 0 bridgehead atoms. The van der Waals surface area contributed by atoms with Crippen LogP contribution in [-0.4, -0.2) is 71.0 Å². The second-order valence-electron chi connectivity index (χ2n) is 12.0. The maximum atomic E-state index is 11.7. The van der Waals surface area contributed by atoms with Gasteiger partial charge in [0.05, 0.1) is 43.4 Å². The van der Waals surface area contributed by atoms with E-state index < -0.39 is 13.5 Å². The number of hydrogen-bond acceptors (Lipinski definition) is 10. The van der Waals surface area contributed by atoms with Crippen LogP contribution in [0, 0.1) is 29.7 Å². The number of anilines is 2. The van der Waals surface area contributed by atoms with Gasteiger partial charge in [0.2, 0.25) is 11.9 Å². The van der Waals surface area contributed by atoms with Gasteiger partial charge in [0.15, 0.2) is 22.3 Å². The van der Waals surface area contributed by atoms with Crippen LogP contribution in [0.1, 0.15) is 24.9 Å². The highest BCUT2D eigenvalue weighted by atomic mass is 28.3. The Labute approximate surface area is 253 Å². The Kier molecular flexibility index (Phi) is 7.81. The standard InChI is InChI=1S/C13H13N5O2.C11H11N5O2.C5H10Si/c1-2-13(6-19)4-3-8(5-13)18-7-15-9-10(18)16-12(14)17-11(9)20;12-10-14-8-7(9(17)15-10)13-5-16(8)6-1-2-11(3-6)4-18-11;1-5-6(2,3)4/h1,3-4,7-8,19H,5-6H2,(H3,14,16,17,20);1-2,5-6H,3-4H2,(H3,12,14,15,17);1H,2-4H3/t;6-,11-;/m.0./s1. The largest absolute Gasteiger partial charge is 0.394 e. The molecule has 0 amide bonds. The first kappa shape index (κ1) is 30.5. The number of nitrogens with two attached hydrogens (primary N) is 2. The Morgan fingerprint density at radius 1 is 0.977 bits per heavy atom. The number of hydrogen-bond donors (Lipinski definition) is 5. The van der Waals surface area contributed by atoms with Crippen LogP contribution in [-0.2, 0) is 4.74 Å². The predicted molar refractivity (Wildman–Crippen MR) is 170 cm³/mol. The average molecular weight is 615 g/mol. The van der Waals surface area contributed by atoms with Crippen molar-refractivity contribution >= 4 is 42.3 Å². The van der Waals surface area contributed by atoms with E-state index in [0.717, 1.165) is 13.0 Å². The molecule has 1 spiro atoms. The number of rotatable bonds is 3. The lowest BCUT2D eigenvalue weighted by molar-refractivity contribution is 0.204. The normalized spacial score (nSPS) is 24.9. The summed E-state index contributed by atoms with van der Waals surface area (Å²) >= 11 is 0. The van der Waals surface area contributed by atoms with Crippen molar-refractivity contribution in [3.63, 3.8) is 0 Å². The molecule has 4 atom stereocenters. The first-order valence-electron chi connectivity index (χ1n) is 13.9. The number of terminal acetylenes is 2. The summed E-state index contributed by atoms with van der Waals surface area (Å²) in [6, 6.07) is 0.00287. The number of aromatic nitrogens is 8. The average Bonchev–Trinajstić information content (AvgIpc) is 3.40. The lowest BCUT2D eigenvalue weighted by atomic mass is 9.89. The van der Waals surface area contributed by atoms with Gasteiger partial charge in [-0.2, -0.15) is 9.97 Å². The summed E-state index contributed by atoms with van der Waals surface area (Å²) in [5.41, 5.74) is 13.9. The van der Waals surface area contributed by atoms with Gasteiger partial charge in [0.25, 0.3) is 11.1 Å². The molecule has 15 heteroatoms. The summed E-state index contributed by atoms with van der Waals surface area (Å²) in [4.78, 5) is 44.7. The van der Waals surface area contributed by atoms with Crippen molar-refractivity contribution in [1.29, 1.82) is 0 Å². The van der Waals surface area contributed by atoms with Gasteiger partial charge in [-0.05, 0) is 6.42 Å². The van der Waals surface area contributed by atoms with Crippen LogP contribution in [0.3, 0.4) is 0 Å². The minimum absolute atomic E-state index is 0.0385. The van der Waals surface area contributed by atoms with E-state index in [2.05, 4.69) is 73.2 Å². The van der Waals surface area contributed by atoms with Crippen molar-refractivity contribution in [2.75, 3.05) is 24.7 Å². The van der Waals surface area contributed by atoms with E-state index in [-0.39, 0.29) is 52.8 Å². The smallest absolute Gasteiger partial charge is 0.280 e. The number of epoxide rings is 1. The molecule has 3 aliphatic rings. The third kappa shape index (κ3) is 6.07. The summed E-state index contributed by atoms with van der Waals surface area (Å²) in [5.74, 6) is 2.75. The Morgan fingerprint density at radius 2 is 1.45 bits per heavy atom. The Balaban J connectivity index is 0.000000148. The minimum atomic E-state index is -1.10. The van der Waals surface area contributed by atoms with E-state index in [1.807, 2.05) is 10.6 Å². The van der Waals surface area contributed by atoms with Crippen LogP contribution < -0.4 is 22.6 Å². The van der Waals surface area contributed by atoms with Crippen molar-refractivity contribution in [3.05, 3.63) is 57.7 Å². The number of imidazole rings is 2. The highest BCUT2D eigenvalue weighted by Gasteiger charge is 2.47. The van der Waals surface area contributed by atoms with Gasteiger partial charge in [-0.1, -0.05) is 49.9 Å². The zero-order valence-corrected chi connectivity index (χ0v) is 25.6. The Bertz CT molecular complexity index is 1980. The molecule has 0 saturated carbocycles. The molecule has 0 radical (unpaired) electrons. The first-order valence-corrected chi connectivity index (χ1v) is 17.4. The van der Waals surface area contributed by atoms with Crippen molar-refractivity contribution < 1.29 is 9.84 Å². The lowest BCUT2D eigenvalue weighted by Gasteiger charge is -2.20. The molecule has 1 fully saturated rings. The number of ether oxygens (including phenoxy) is 1. The van der Waals surface area contributed by atoms with Crippen LogP contribution in [0.15, 0.2) is 46.5 Å². The highest BCUT2D eigenvalue weighted by molar-refractivity contribution is 6.83. The number of allylic oxidation sites excluding steroid dienone is 2. The molecule has 7 rings (SSSR count). The molecule has 2 aliphatic carbocycles. The fourth-order valence-corrected chi connectivity index (χ4v) is 4.91. The second-order valence-corrected chi connectivity index (χ2v) is 16.8. The van der Waals surface area contributed by atoms with Crippen molar-refractivity contribution in [2.24, 2.45) is 5.41 Å². The fraction of sp³-hybridized carbons (Fsp3) is 0.379. The lowest BCUT2D eigenvalue weighted by Crippen LogP contribution is -2.20. The highest BCUT2D eigenvalue weighted by Crippen LogP contribution is 2.43. The molecule has 7 N–H and O–H groups in total. The molecular formula is C29H34N10O4Si. The molecule has 0 aromatic carbocycles. The molecule has 1 saturated heterocycles. The number of aromatic amines is 2. The molecule has 44 heavy (non-hydrogen) atoms. The van der Waals surface area contributed by atoms with E-state index in [1.165, 1.54) is 6.33 Å². The zero-order valence-electron chi connectivity index (χ0n) is 24.6. The molecule has 228 valence electrons. The fourth-order valence-electron chi connectivity index (χ4n) is 4.91.